The van der Waals surface area contributed by atoms with Crippen LogP contribution in [0.3, 0.4) is 0 Å². The number of thioether (sulfide) groups is 1. The van der Waals surface area contributed by atoms with Crippen LogP contribution in [-0.4, -0.2) is 40.9 Å². The van der Waals surface area contributed by atoms with Crippen LogP contribution in [0.2, 0.25) is 0 Å². The first-order valence-corrected chi connectivity index (χ1v) is 11.1. The summed E-state index contributed by atoms with van der Waals surface area (Å²) < 4.78 is 10.2. The van der Waals surface area contributed by atoms with Crippen LogP contribution in [0.15, 0.2) is 34.0 Å². The molecule has 0 aliphatic rings. The number of nitrogens with zero attached hydrogens (tertiary/aromatic N) is 7. The monoisotopic (exact) mass is 465 g/mol. The number of aromatic nitrogens is 6. The molecule has 12 heteroatoms. The van der Waals surface area contributed by atoms with E-state index in [0.29, 0.717) is 29.0 Å². The molecule has 0 aliphatic carbocycles. The molecular weight excluding hydrogens is 442 g/mol. The predicted octanol–water partition coefficient (Wildman–Crippen LogP) is 2.46. The summed E-state index contributed by atoms with van der Waals surface area (Å²) in [6.07, 6.45) is 1.59. The topological polar surface area (TPSA) is 146 Å². The quantitative estimate of drug-likeness (QED) is 0.313. The van der Waals surface area contributed by atoms with E-state index >= 15 is 0 Å². The van der Waals surface area contributed by atoms with Crippen molar-refractivity contribution in [1.29, 1.82) is 5.26 Å². The number of amides is 1. The van der Waals surface area contributed by atoms with Crippen molar-refractivity contribution in [3.8, 4) is 12.0 Å². The number of furan rings is 1. The van der Waals surface area contributed by atoms with E-state index in [4.69, 9.17) is 10.3 Å². The molecule has 33 heavy (non-hydrogen) atoms. The number of carbonyl (C=O) groups is 1. The number of hydrogen-bond acceptors (Lipinski definition) is 8. The van der Waals surface area contributed by atoms with Gasteiger partial charge in [0.2, 0.25) is 11.1 Å². The second-order valence-electron chi connectivity index (χ2n) is 7.54. The number of hydrogen-bond donors (Lipinski definition) is 2. The second kappa shape index (κ2) is 8.87. The first-order chi connectivity index (χ1) is 15.8. The van der Waals surface area contributed by atoms with Crippen molar-refractivity contribution in [2.75, 3.05) is 16.9 Å². The molecule has 0 bridgehead atoms. The number of anilines is 1. The lowest BCUT2D eigenvalue weighted by Gasteiger charge is -2.12. The van der Waals surface area contributed by atoms with Gasteiger partial charge in [0.15, 0.2) is 0 Å². The number of nitriles is 1. The molecule has 0 aromatic carbocycles. The highest BCUT2D eigenvalue weighted by molar-refractivity contribution is 7.99. The van der Waals surface area contributed by atoms with Crippen molar-refractivity contribution in [2.45, 2.75) is 39.4 Å². The van der Waals surface area contributed by atoms with Gasteiger partial charge in [-0.1, -0.05) is 11.8 Å². The van der Waals surface area contributed by atoms with Crippen LogP contribution in [0.1, 0.15) is 34.0 Å². The molecule has 0 saturated heterocycles. The van der Waals surface area contributed by atoms with Gasteiger partial charge in [-0.2, -0.15) is 10.4 Å². The maximum atomic E-state index is 12.8. The summed E-state index contributed by atoms with van der Waals surface area (Å²) in [4.78, 5) is 12.8. The minimum absolute atomic E-state index is 0.0291. The predicted molar refractivity (Wildman–Crippen MR) is 123 cm³/mol. The minimum Gasteiger partial charge on any atom is -0.467 e. The van der Waals surface area contributed by atoms with Gasteiger partial charge < -0.3 is 20.1 Å². The Balaban J connectivity index is 1.51. The average Bonchev–Trinajstić information content (AvgIpc) is 3.53. The van der Waals surface area contributed by atoms with E-state index in [0.717, 1.165) is 40.2 Å². The Morgan fingerprint density at radius 3 is 2.73 bits per heavy atom. The lowest BCUT2D eigenvalue weighted by Crippen LogP contribution is -2.20. The second-order valence-corrected chi connectivity index (χ2v) is 8.48. The fraction of sp³-hybridized carbons (Fsp3) is 0.286. The molecule has 0 saturated carbocycles. The smallest absolute Gasteiger partial charge is 0.271 e. The van der Waals surface area contributed by atoms with Crippen LogP contribution in [0.4, 0.5) is 5.82 Å². The van der Waals surface area contributed by atoms with Gasteiger partial charge in [-0.05, 0) is 51.5 Å². The summed E-state index contributed by atoms with van der Waals surface area (Å²) in [7, 11) is 0. The van der Waals surface area contributed by atoms with Crippen molar-refractivity contribution in [3.63, 3.8) is 0 Å². The zero-order valence-electron chi connectivity index (χ0n) is 18.7. The molecule has 0 spiro atoms. The van der Waals surface area contributed by atoms with Gasteiger partial charge >= 0.3 is 0 Å². The van der Waals surface area contributed by atoms with E-state index in [1.165, 1.54) is 4.68 Å². The molecule has 11 nitrogen and oxygen atoms in total. The van der Waals surface area contributed by atoms with Gasteiger partial charge in [0.25, 0.3) is 5.95 Å². The van der Waals surface area contributed by atoms with Crippen LogP contribution < -0.4 is 11.2 Å². The van der Waals surface area contributed by atoms with Crippen LogP contribution in [0, 0.1) is 39.0 Å². The van der Waals surface area contributed by atoms with E-state index in [1.54, 1.807) is 17.0 Å². The summed E-state index contributed by atoms with van der Waals surface area (Å²) in [5.41, 5.74) is 3.81. The highest BCUT2D eigenvalue weighted by Crippen LogP contribution is 2.28. The number of carbonyl (C=O) groups excluding carboxylic acids is 1. The zero-order chi connectivity index (χ0) is 23.7. The number of nitrogens with two attached hydrogens (primary N) is 1. The summed E-state index contributed by atoms with van der Waals surface area (Å²) in [5, 5.41) is 25.4. The molecule has 4 rings (SSSR count). The molecular formula is C21H23N9O2S. The zero-order valence-corrected chi connectivity index (χ0v) is 19.5. The van der Waals surface area contributed by atoms with Crippen molar-refractivity contribution < 1.29 is 9.21 Å². The molecule has 0 atom stereocenters. The van der Waals surface area contributed by atoms with Crippen molar-refractivity contribution in [1.82, 2.24) is 29.2 Å². The van der Waals surface area contributed by atoms with E-state index < -0.39 is 0 Å². The molecule has 1 amide bonds. The molecule has 0 fully saturated rings. The normalized spacial score (nSPS) is 11.0. The van der Waals surface area contributed by atoms with Gasteiger partial charge in [0.1, 0.15) is 17.6 Å². The fourth-order valence-electron chi connectivity index (χ4n) is 3.53. The van der Waals surface area contributed by atoms with Crippen LogP contribution >= 0.6 is 11.8 Å². The third-order valence-corrected chi connectivity index (χ3v) is 6.21. The molecule has 4 aromatic heterocycles. The Morgan fingerprint density at radius 2 is 2.09 bits per heavy atom. The third kappa shape index (κ3) is 4.22. The SMILES string of the molecule is Cc1cc(C)n(-c2nnc(SCC(=O)Nc3c(C#N)c(C)c(C)n3Cc3ccco3)n2N)n1. The summed E-state index contributed by atoms with van der Waals surface area (Å²) >= 11 is 1.14. The molecule has 4 aromatic rings. The Morgan fingerprint density at radius 1 is 1.30 bits per heavy atom. The van der Waals surface area contributed by atoms with E-state index in [2.05, 4.69) is 26.7 Å². The highest BCUT2D eigenvalue weighted by atomic mass is 32.2. The fourth-order valence-corrected chi connectivity index (χ4v) is 4.18. The lowest BCUT2D eigenvalue weighted by atomic mass is 10.2. The Bertz CT molecular complexity index is 1360. The van der Waals surface area contributed by atoms with Gasteiger partial charge in [0.05, 0.1) is 29.8 Å². The van der Waals surface area contributed by atoms with Crippen LogP contribution in [0.25, 0.3) is 5.95 Å². The van der Waals surface area contributed by atoms with Crippen LogP contribution in [0.5, 0.6) is 0 Å². The highest BCUT2D eigenvalue weighted by Gasteiger charge is 2.21. The van der Waals surface area contributed by atoms with E-state index in [-0.39, 0.29) is 11.7 Å². The van der Waals surface area contributed by atoms with Gasteiger partial charge in [-0.3, -0.25) is 4.79 Å². The lowest BCUT2D eigenvalue weighted by molar-refractivity contribution is -0.113. The van der Waals surface area contributed by atoms with Gasteiger partial charge in [-0.15, -0.1) is 10.2 Å². The minimum atomic E-state index is -0.301. The van der Waals surface area contributed by atoms with Crippen molar-refractivity contribution in [2.24, 2.45) is 0 Å². The molecule has 0 aliphatic heterocycles. The first kappa shape index (κ1) is 22.2. The molecule has 4 heterocycles. The number of aryl methyl sites for hydroxylation is 2. The summed E-state index contributed by atoms with van der Waals surface area (Å²) in [6, 6.07) is 7.74. The maximum absolute atomic E-state index is 12.8. The molecule has 170 valence electrons. The van der Waals surface area contributed by atoms with Crippen molar-refractivity contribution >= 4 is 23.5 Å². The number of rotatable bonds is 7. The summed E-state index contributed by atoms with van der Waals surface area (Å²) in [6.45, 7) is 7.92. The standard InChI is InChI=1S/C21H23N9O2S/c1-12-8-13(2)30(27-12)20-25-26-21(29(20)23)33-11-18(31)24-19-17(9-22)14(3)15(4)28(19)10-16-6-5-7-32-16/h5-8H,10-11,23H2,1-4H3,(H,24,31). The van der Waals surface area contributed by atoms with Gasteiger partial charge in [-0.25, -0.2) is 9.36 Å². The van der Waals surface area contributed by atoms with E-state index in [9.17, 15) is 10.1 Å². The maximum Gasteiger partial charge on any atom is 0.271 e. The van der Waals surface area contributed by atoms with E-state index in [1.807, 2.05) is 44.4 Å². The number of nitrogen functional groups attached to an aromatic ring is 1. The average molecular weight is 466 g/mol. The van der Waals surface area contributed by atoms with Gasteiger partial charge in [0, 0.05) is 11.4 Å². The first-order valence-electron chi connectivity index (χ1n) is 10.1. The third-order valence-electron chi connectivity index (χ3n) is 5.27. The van der Waals surface area contributed by atoms with Crippen LogP contribution in [-0.2, 0) is 11.3 Å². The Hall–Kier alpha value is -3.98. The molecule has 0 radical (unpaired) electrons. The largest absolute Gasteiger partial charge is 0.467 e. The molecule has 0 unspecified atom stereocenters. The summed E-state index contributed by atoms with van der Waals surface area (Å²) in [5.74, 6) is 7.38. The van der Waals surface area contributed by atoms with Crippen molar-refractivity contribution in [3.05, 3.63) is 58.4 Å². The molecule has 3 N–H and O–H groups in total. The Kier molecular flexibility index (Phi) is 5.97. The Labute approximate surface area is 194 Å². The number of nitrogens with one attached hydrogen (secondary N) is 1.